The van der Waals surface area contributed by atoms with E-state index in [0.717, 1.165) is 59.4 Å². The van der Waals surface area contributed by atoms with Gasteiger partial charge in [-0.3, -0.25) is 4.79 Å². The molecule has 0 atom stereocenters. The number of hydrogen-bond donors (Lipinski definition) is 0. The molecule has 4 aliphatic rings. The molecule has 0 radical (unpaired) electrons. The lowest BCUT2D eigenvalue weighted by molar-refractivity contribution is 0.103. The van der Waals surface area contributed by atoms with Crippen LogP contribution in [-0.2, 0) is 25.7 Å². The van der Waals surface area contributed by atoms with Crippen molar-refractivity contribution in [3.8, 4) is 11.1 Å². The molecule has 0 unspecified atom stereocenters. The van der Waals surface area contributed by atoms with Gasteiger partial charge in [-0.05, 0) is 126 Å². The number of rotatable bonds is 6. The van der Waals surface area contributed by atoms with Gasteiger partial charge in [-0.25, -0.2) is 4.39 Å². The van der Waals surface area contributed by atoms with E-state index in [1.54, 1.807) is 12.1 Å². The number of nitrogens with zero attached hydrogens (tertiary/aromatic N) is 1. The lowest BCUT2D eigenvalue weighted by Crippen LogP contribution is -2.10. The summed E-state index contributed by atoms with van der Waals surface area (Å²) in [5.74, 6) is -0.390. The van der Waals surface area contributed by atoms with Gasteiger partial charge < -0.3 is 4.90 Å². The molecule has 2 nitrogen and oxygen atoms in total. The number of halogens is 1. The molecule has 0 aliphatic heterocycles. The van der Waals surface area contributed by atoms with Crippen molar-refractivity contribution in [3.63, 3.8) is 0 Å². The van der Waals surface area contributed by atoms with Crippen molar-refractivity contribution in [3.05, 3.63) is 185 Å². The van der Waals surface area contributed by atoms with Crippen LogP contribution < -0.4 is 4.90 Å². The summed E-state index contributed by atoms with van der Waals surface area (Å²) in [6, 6.07) is 48.7. The summed E-state index contributed by atoms with van der Waals surface area (Å²) in [6.45, 7) is 0. The lowest BCUT2D eigenvalue weighted by atomic mass is 9.87. The Hall–Kier alpha value is -5.28. The van der Waals surface area contributed by atoms with Crippen LogP contribution in [0.1, 0.15) is 38.2 Å². The number of carbonyl (C=O) groups excluding carboxylic acids is 1. The molecule has 44 heavy (non-hydrogen) atoms. The lowest BCUT2D eigenvalue weighted by Gasteiger charge is -2.25. The number of carbonyl (C=O) groups is 1. The highest BCUT2D eigenvalue weighted by Gasteiger charge is 2.18. The first-order valence-electron chi connectivity index (χ1n) is 15.2. The zero-order valence-corrected chi connectivity index (χ0v) is 24.4. The third-order valence-corrected chi connectivity index (χ3v) is 8.53. The molecule has 0 amide bonds. The summed E-state index contributed by atoms with van der Waals surface area (Å²) < 4.78 is 13.6. The highest BCUT2D eigenvalue weighted by atomic mass is 19.1. The number of anilines is 3. The normalized spacial score (nSPS) is 12.4. The fraction of sp³-hybridized carbons (Fsp3) is 0.0976. The molecule has 0 heterocycles. The minimum atomic E-state index is -0.339. The van der Waals surface area contributed by atoms with Crippen molar-refractivity contribution in [1.82, 2.24) is 0 Å². The standard InChI is InChI=1S/C41H32FNO/c42-35-23-19-34(20-24-35)41(44)40-28-30-12-11-29-13-15-31(17-18-33(40)16-14-30)39(27-29)32-21-25-38(26-22-32)43(36-7-3-1-4-8-36)37-9-5-2-6-10-37/h1-10,13-16,19-28H,11-12,17-18H2. The van der Waals surface area contributed by atoms with E-state index < -0.39 is 0 Å². The van der Waals surface area contributed by atoms with Gasteiger partial charge in [0.2, 0.25) is 0 Å². The largest absolute Gasteiger partial charge is 0.311 e. The zero-order chi connectivity index (χ0) is 29.9. The maximum Gasteiger partial charge on any atom is 0.193 e. The molecule has 0 N–H and O–H groups in total. The molecule has 0 spiro atoms. The molecule has 4 bridgehead atoms. The van der Waals surface area contributed by atoms with Crippen LogP contribution in [0.2, 0.25) is 0 Å². The Morgan fingerprint density at radius 1 is 0.523 bits per heavy atom. The van der Waals surface area contributed by atoms with E-state index >= 15 is 0 Å². The second-order valence-corrected chi connectivity index (χ2v) is 11.4. The van der Waals surface area contributed by atoms with Crippen LogP contribution in [0.5, 0.6) is 0 Å². The summed E-state index contributed by atoms with van der Waals surface area (Å²) in [6.07, 6.45) is 3.26. The van der Waals surface area contributed by atoms with Crippen LogP contribution in [0.3, 0.4) is 0 Å². The van der Waals surface area contributed by atoms with Crippen molar-refractivity contribution in [2.24, 2.45) is 0 Å². The van der Waals surface area contributed by atoms with Crippen molar-refractivity contribution in [2.75, 3.05) is 4.90 Å². The molecule has 214 valence electrons. The Morgan fingerprint density at radius 3 is 1.70 bits per heavy atom. The van der Waals surface area contributed by atoms with Crippen LogP contribution in [0.4, 0.5) is 21.5 Å². The van der Waals surface area contributed by atoms with Crippen LogP contribution in [0.25, 0.3) is 11.1 Å². The fourth-order valence-corrected chi connectivity index (χ4v) is 6.18. The molecule has 4 aliphatic carbocycles. The molecule has 6 aromatic carbocycles. The topological polar surface area (TPSA) is 20.3 Å². The summed E-state index contributed by atoms with van der Waals surface area (Å²) in [5.41, 5.74) is 11.7. The van der Waals surface area contributed by atoms with E-state index in [2.05, 4.69) is 108 Å². The van der Waals surface area contributed by atoms with Gasteiger partial charge in [0.1, 0.15) is 5.82 Å². The first kappa shape index (κ1) is 27.5. The number of para-hydroxylation sites is 2. The molecular formula is C41H32FNO. The highest BCUT2D eigenvalue weighted by molar-refractivity contribution is 6.10. The summed E-state index contributed by atoms with van der Waals surface area (Å²) in [7, 11) is 0. The molecule has 6 aromatic rings. The third-order valence-electron chi connectivity index (χ3n) is 8.53. The Kier molecular flexibility index (Phi) is 7.60. The molecule has 0 aromatic heterocycles. The molecule has 10 rings (SSSR count). The van der Waals surface area contributed by atoms with Gasteiger partial charge in [-0.15, -0.1) is 0 Å². The monoisotopic (exact) mass is 573 g/mol. The van der Waals surface area contributed by atoms with Gasteiger partial charge >= 0.3 is 0 Å². The Bertz CT molecular complexity index is 1870. The van der Waals surface area contributed by atoms with E-state index in [1.165, 1.54) is 34.4 Å². The minimum Gasteiger partial charge on any atom is -0.311 e. The highest BCUT2D eigenvalue weighted by Crippen LogP contribution is 2.36. The number of benzene rings is 6. The van der Waals surface area contributed by atoms with E-state index in [9.17, 15) is 9.18 Å². The minimum absolute atomic E-state index is 0.0509. The van der Waals surface area contributed by atoms with Crippen LogP contribution in [0, 0.1) is 5.82 Å². The zero-order valence-electron chi connectivity index (χ0n) is 24.4. The predicted molar refractivity (Wildman–Crippen MR) is 178 cm³/mol. The van der Waals surface area contributed by atoms with Gasteiger partial charge in [0.25, 0.3) is 0 Å². The van der Waals surface area contributed by atoms with Crippen molar-refractivity contribution in [1.29, 1.82) is 0 Å². The first-order valence-corrected chi connectivity index (χ1v) is 15.2. The third kappa shape index (κ3) is 5.69. The SMILES string of the molecule is O=C(c1ccc(F)cc1)c1cc2ccc1CCc1ccc(cc1-c1ccc(N(c3ccccc3)c3ccccc3)cc1)CC2. The van der Waals surface area contributed by atoms with Crippen molar-refractivity contribution in [2.45, 2.75) is 25.7 Å². The summed E-state index contributed by atoms with van der Waals surface area (Å²) in [5, 5.41) is 0. The summed E-state index contributed by atoms with van der Waals surface area (Å²) in [4.78, 5) is 15.8. The maximum absolute atomic E-state index is 13.6. The molecular weight excluding hydrogens is 541 g/mol. The van der Waals surface area contributed by atoms with E-state index in [0.29, 0.717) is 5.56 Å². The Morgan fingerprint density at radius 2 is 1.07 bits per heavy atom. The van der Waals surface area contributed by atoms with Gasteiger partial charge in [0.15, 0.2) is 5.78 Å². The van der Waals surface area contributed by atoms with E-state index in [-0.39, 0.29) is 11.6 Å². The number of aryl methyl sites for hydroxylation is 4. The smallest absolute Gasteiger partial charge is 0.193 e. The second kappa shape index (κ2) is 12.1. The summed E-state index contributed by atoms with van der Waals surface area (Å²) >= 11 is 0. The van der Waals surface area contributed by atoms with Crippen molar-refractivity contribution < 1.29 is 9.18 Å². The van der Waals surface area contributed by atoms with Crippen LogP contribution in [-0.4, -0.2) is 5.78 Å². The Labute approximate surface area is 258 Å². The van der Waals surface area contributed by atoms with E-state index in [1.807, 2.05) is 18.2 Å². The van der Waals surface area contributed by atoms with Gasteiger partial charge in [-0.2, -0.15) is 0 Å². The average molecular weight is 574 g/mol. The number of hydrogen-bond acceptors (Lipinski definition) is 2. The molecule has 0 saturated carbocycles. The van der Waals surface area contributed by atoms with E-state index in [4.69, 9.17) is 0 Å². The Balaban J connectivity index is 1.22. The van der Waals surface area contributed by atoms with Crippen LogP contribution in [0.15, 0.2) is 146 Å². The first-order chi connectivity index (χ1) is 21.6. The van der Waals surface area contributed by atoms with Crippen LogP contribution >= 0.6 is 0 Å². The number of ketones is 1. The molecule has 0 saturated heterocycles. The van der Waals surface area contributed by atoms with Crippen molar-refractivity contribution >= 4 is 22.8 Å². The quantitative estimate of drug-likeness (QED) is 0.185. The van der Waals surface area contributed by atoms with Gasteiger partial charge in [0.05, 0.1) is 0 Å². The predicted octanol–water partition coefficient (Wildman–Crippen LogP) is 10.1. The second-order valence-electron chi connectivity index (χ2n) is 11.4. The average Bonchev–Trinajstić information content (AvgIpc) is 3.07. The molecule has 3 heteroatoms. The molecule has 0 fully saturated rings. The fourth-order valence-electron chi connectivity index (χ4n) is 6.18. The van der Waals surface area contributed by atoms with Gasteiger partial charge in [0, 0.05) is 28.2 Å². The maximum atomic E-state index is 13.6. The van der Waals surface area contributed by atoms with Gasteiger partial charge in [-0.1, -0.05) is 78.9 Å².